The summed E-state index contributed by atoms with van der Waals surface area (Å²) in [4.78, 5) is 0. The van der Waals surface area contributed by atoms with Gasteiger partial charge in [0.25, 0.3) is 0 Å². The lowest BCUT2D eigenvalue weighted by Crippen LogP contribution is -1.95. The van der Waals surface area contributed by atoms with Crippen molar-refractivity contribution < 1.29 is 39.8 Å². The second-order valence-electron chi connectivity index (χ2n) is 11.3. The molecule has 0 fully saturated rings. The van der Waals surface area contributed by atoms with E-state index in [4.69, 9.17) is 20.6 Å². The molecule has 0 aliphatic heterocycles. The molecule has 0 bridgehead atoms. The van der Waals surface area contributed by atoms with Crippen LogP contribution in [0, 0.1) is 0 Å². The quantitative estimate of drug-likeness (QED) is 0.165. The van der Waals surface area contributed by atoms with Crippen molar-refractivity contribution in [3.8, 4) is 44.5 Å². The van der Waals surface area contributed by atoms with E-state index in [9.17, 15) is 19.2 Å². The van der Waals surface area contributed by atoms with Gasteiger partial charge in [0.05, 0.1) is 39.8 Å². The molecule has 0 unspecified atom stereocenters. The second kappa shape index (κ2) is 10.5. The highest BCUT2D eigenvalue weighted by Crippen LogP contribution is 2.48. The van der Waals surface area contributed by atoms with Gasteiger partial charge in [-0.1, -0.05) is 169 Å². The van der Waals surface area contributed by atoms with Gasteiger partial charge in [0, 0.05) is 0 Å². The van der Waals surface area contributed by atoms with Crippen molar-refractivity contribution in [3.05, 3.63) is 181 Å². The van der Waals surface area contributed by atoms with Gasteiger partial charge in [-0.3, -0.25) is 0 Å². The molecular formula is C50H30. The standard InChI is InChI=1S/C50H30/c1-3-9-31(10-4-1)44-29-39(40-25-21-37-19-17-33-13-7-15-35-23-27-42(40)49(37)46(33)35)30-45(48(44)32-11-5-2-6-12-32)41-26-22-38-20-18-34-14-8-16-36-24-28-43(41)50(38)47(34)36/h1-30H/i1D,2D,3D,4D,5D,6D,7D,8D,9D,10D,11D,13D,14D,15D,16D,17D,18D,19D,20D,21D,22D,23D,24D,25D,26D,27D,28D,29D,30D. The maximum Gasteiger partial charge on any atom is 0.0636 e. The first-order valence-corrected chi connectivity index (χ1v) is 15.1. The number of hydrogen-bond donors (Lipinski definition) is 0. The predicted octanol–water partition coefficient (Wildman–Crippen LogP) is 14.1. The summed E-state index contributed by atoms with van der Waals surface area (Å²) in [7, 11) is 0. The van der Waals surface area contributed by atoms with Crippen molar-refractivity contribution in [1.29, 1.82) is 0 Å². The van der Waals surface area contributed by atoms with E-state index in [2.05, 4.69) is 0 Å². The number of hydrogen-bond acceptors (Lipinski definition) is 0. The Morgan fingerprint density at radius 3 is 1.36 bits per heavy atom. The van der Waals surface area contributed by atoms with Crippen molar-refractivity contribution in [1.82, 2.24) is 0 Å². The molecule has 11 aromatic rings. The zero-order valence-corrected chi connectivity index (χ0v) is 25.1. The third kappa shape index (κ3) is 3.94. The van der Waals surface area contributed by atoms with Crippen molar-refractivity contribution >= 4 is 64.6 Å². The molecule has 0 nitrogen and oxygen atoms in total. The molecule has 230 valence electrons. The molecule has 11 rings (SSSR count). The maximum absolute atomic E-state index is 10.5. The van der Waals surface area contributed by atoms with Crippen LogP contribution in [-0.2, 0) is 0 Å². The van der Waals surface area contributed by atoms with E-state index in [1.54, 1.807) is 0 Å². The molecule has 0 radical (unpaired) electrons. The Balaban J connectivity index is 1.54. The van der Waals surface area contributed by atoms with Crippen molar-refractivity contribution in [2.24, 2.45) is 0 Å². The highest BCUT2D eigenvalue weighted by molar-refractivity contribution is 6.27. The predicted molar refractivity (Wildman–Crippen MR) is 216 cm³/mol. The van der Waals surface area contributed by atoms with Gasteiger partial charge in [-0.25, -0.2) is 0 Å². The normalized spacial score (nSPS) is 20.1. The molecule has 0 N–H and O–H groups in total. The summed E-state index contributed by atoms with van der Waals surface area (Å²) >= 11 is 0. The van der Waals surface area contributed by atoms with Gasteiger partial charge in [-0.05, 0) is 121 Å². The molecule has 0 heterocycles. The van der Waals surface area contributed by atoms with E-state index in [0.29, 0.717) is 0 Å². The minimum atomic E-state index is -1.14. The van der Waals surface area contributed by atoms with E-state index in [-0.39, 0.29) is 10.8 Å². The Kier molecular flexibility index (Phi) is 2.42. The summed E-state index contributed by atoms with van der Waals surface area (Å²) in [6.07, 6.45) is 0. The Morgan fingerprint density at radius 2 is 0.740 bits per heavy atom. The molecule has 0 amide bonds. The first kappa shape index (κ1) is 11.5. The molecule has 0 saturated carbocycles. The van der Waals surface area contributed by atoms with Crippen LogP contribution in [0.3, 0.4) is 0 Å². The third-order valence-electron chi connectivity index (χ3n) is 8.69. The van der Waals surface area contributed by atoms with E-state index in [0.717, 1.165) is 6.07 Å². The fourth-order valence-electron chi connectivity index (χ4n) is 6.59. The van der Waals surface area contributed by atoms with E-state index < -0.39 is 274 Å². The van der Waals surface area contributed by atoms with Crippen LogP contribution in [0.15, 0.2) is 181 Å². The van der Waals surface area contributed by atoms with Crippen LogP contribution in [0.4, 0.5) is 0 Å². The summed E-state index contributed by atoms with van der Waals surface area (Å²) in [6, 6.07) is -25.8. The summed E-state index contributed by atoms with van der Waals surface area (Å²) in [5.74, 6) is 0. The fraction of sp³-hybridized carbons (Fsp3) is 0. The SMILES string of the molecule is [2H]c1cc(-c2c(-c3c([2H])c([2H])c([2H])c([2H])c3[2H])c([2H])c(-c3c([2H])c([2H])c4c([2H])c([2H])c5c([2H])c([2H])c([2H])c6c([2H])c([2H])c3c4c56)c([2H])c2-c2c([2H])c([2H])c3c([2H])c([2H])c4c([2H])c([2H])c([2H])c5c([2H])c([2H])c2c3c45)c([2H])c([2H])c1[2H]. The van der Waals surface area contributed by atoms with Crippen LogP contribution in [0.25, 0.3) is 109 Å². The lowest BCUT2D eigenvalue weighted by atomic mass is 9.81. The molecule has 0 aromatic heterocycles. The van der Waals surface area contributed by atoms with Crippen molar-refractivity contribution in [2.75, 3.05) is 0 Å². The van der Waals surface area contributed by atoms with Gasteiger partial charge in [0.1, 0.15) is 0 Å². The van der Waals surface area contributed by atoms with Gasteiger partial charge in [0.2, 0.25) is 0 Å². The van der Waals surface area contributed by atoms with Crippen LogP contribution in [-0.4, -0.2) is 0 Å². The molecule has 0 spiro atoms. The fourth-order valence-corrected chi connectivity index (χ4v) is 6.59. The molecule has 11 aromatic carbocycles. The van der Waals surface area contributed by atoms with E-state index >= 15 is 0 Å². The first-order chi connectivity index (χ1) is 36.9. The monoisotopic (exact) mass is 659 g/mol. The van der Waals surface area contributed by atoms with Crippen LogP contribution < -0.4 is 0 Å². The second-order valence-corrected chi connectivity index (χ2v) is 11.3. The molecule has 0 saturated heterocycles. The van der Waals surface area contributed by atoms with Crippen molar-refractivity contribution in [2.45, 2.75) is 0 Å². The summed E-state index contributed by atoms with van der Waals surface area (Å²) in [5, 5.41) is -6.02. The Morgan fingerprint density at radius 1 is 0.280 bits per heavy atom. The van der Waals surface area contributed by atoms with Gasteiger partial charge in [0.15, 0.2) is 0 Å². The Hall–Kier alpha value is -6.50. The molecule has 50 heavy (non-hydrogen) atoms. The summed E-state index contributed by atoms with van der Waals surface area (Å²) in [6.45, 7) is 0. The molecular weight excluding hydrogens is 601 g/mol. The van der Waals surface area contributed by atoms with Crippen LogP contribution in [0.5, 0.6) is 0 Å². The summed E-state index contributed by atoms with van der Waals surface area (Å²) in [5.41, 5.74) is -6.89. The zero-order valence-electron chi connectivity index (χ0n) is 54.1. The largest absolute Gasteiger partial charge is 0.0636 e. The van der Waals surface area contributed by atoms with Crippen molar-refractivity contribution in [3.63, 3.8) is 0 Å². The molecule has 0 heteroatoms. The lowest BCUT2D eigenvalue weighted by Gasteiger charge is -2.22. The minimum Gasteiger partial charge on any atom is -0.0622 e. The third-order valence-corrected chi connectivity index (χ3v) is 8.69. The number of benzene rings is 11. The zero-order chi connectivity index (χ0) is 58.0. The Labute approximate surface area is 330 Å². The molecule has 0 atom stereocenters. The van der Waals surface area contributed by atoms with E-state index in [1.807, 2.05) is 0 Å². The summed E-state index contributed by atoms with van der Waals surface area (Å²) < 4.78 is 267. The lowest BCUT2D eigenvalue weighted by molar-refractivity contribution is 1.56. The van der Waals surface area contributed by atoms with Gasteiger partial charge < -0.3 is 0 Å². The van der Waals surface area contributed by atoms with Crippen LogP contribution in [0.1, 0.15) is 39.8 Å². The maximum atomic E-state index is 10.5. The van der Waals surface area contributed by atoms with Crippen LogP contribution in [0.2, 0.25) is 0 Å². The first-order valence-electron chi connectivity index (χ1n) is 29.6. The average Bonchev–Trinajstić information content (AvgIpc) is 2.13. The molecule has 0 aliphatic rings. The van der Waals surface area contributed by atoms with Gasteiger partial charge in [-0.2, -0.15) is 0 Å². The average molecular weight is 660 g/mol. The number of rotatable bonds is 4. The highest BCUT2D eigenvalue weighted by atomic mass is 14.2. The minimum absolute atomic E-state index is 0.368. The van der Waals surface area contributed by atoms with E-state index in [1.165, 1.54) is 0 Å². The van der Waals surface area contributed by atoms with Gasteiger partial charge in [-0.15, -0.1) is 0 Å². The highest BCUT2D eigenvalue weighted by Gasteiger charge is 2.21. The topological polar surface area (TPSA) is 0 Å². The Bertz CT molecular complexity index is 4670. The smallest absolute Gasteiger partial charge is 0.0622 e. The molecule has 0 aliphatic carbocycles. The van der Waals surface area contributed by atoms with Crippen LogP contribution >= 0.6 is 0 Å². The van der Waals surface area contributed by atoms with Gasteiger partial charge >= 0.3 is 0 Å².